The number of sulfonamides is 1. The number of anilines is 1. The Labute approximate surface area is 155 Å². The highest BCUT2D eigenvalue weighted by Crippen LogP contribution is 2.40. The van der Waals surface area contributed by atoms with Crippen molar-refractivity contribution in [1.82, 2.24) is 0 Å². The summed E-state index contributed by atoms with van der Waals surface area (Å²) in [5, 5.41) is 0.361. The molecular weight excluding hydrogens is 414 g/mol. The first-order chi connectivity index (χ1) is 11.3. The summed E-state index contributed by atoms with van der Waals surface area (Å²) in [6, 6.07) is 10.1. The minimum absolute atomic E-state index is 0.0967. The van der Waals surface area contributed by atoms with Gasteiger partial charge in [0.15, 0.2) is 0 Å². The zero-order valence-corrected chi connectivity index (χ0v) is 16.5. The van der Waals surface area contributed by atoms with E-state index in [9.17, 15) is 8.42 Å². The Morgan fingerprint density at radius 1 is 1.29 bits per heavy atom. The fraction of sp³-hybridized carbons (Fsp3) is 0.294. The number of hydrogen-bond acceptors (Lipinski definition) is 3. The molecule has 0 aliphatic carbocycles. The molecule has 1 aliphatic rings. The van der Waals surface area contributed by atoms with Gasteiger partial charge in [0.05, 0.1) is 12.3 Å². The zero-order chi connectivity index (χ0) is 17.5. The molecule has 0 saturated heterocycles. The molecule has 2 aromatic rings. The highest BCUT2D eigenvalue weighted by Gasteiger charge is 2.37. The van der Waals surface area contributed by atoms with Crippen LogP contribution in [0.1, 0.15) is 19.4 Å². The first-order valence-electron chi connectivity index (χ1n) is 7.59. The molecule has 1 heterocycles. The summed E-state index contributed by atoms with van der Waals surface area (Å²) in [4.78, 5) is 0.0967. The molecule has 7 heteroatoms. The van der Waals surface area contributed by atoms with Crippen molar-refractivity contribution in [3.05, 3.63) is 51.5 Å². The van der Waals surface area contributed by atoms with Crippen LogP contribution in [-0.2, 0) is 16.4 Å². The van der Waals surface area contributed by atoms with Gasteiger partial charge in [-0.15, -0.1) is 0 Å². The van der Waals surface area contributed by atoms with Gasteiger partial charge in [0.1, 0.15) is 10.6 Å². The van der Waals surface area contributed by atoms with Crippen LogP contribution in [0.4, 0.5) is 5.69 Å². The number of nitrogens with zero attached hydrogens (tertiary/aromatic N) is 1. The summed E-state index contributed by atoms with van der Waals surface area (Å²) in [5.41, 5.74) is 1.70. The van der Waals surface area contributed by atoms with E-state index < -0.39 is 10.0 Å². The van der Waals surface area contributed by atoms with Gasteiger partial charge in [0, 0.05) is 15.5 Å². The third-order valence-electron chi connectivity index (χ3n) is 3.94. The van der Waals surface area contributed by atoms with Crippen LogP contribution in [0.15, 0.2) is 45.8 Å². The van der Waals surface area contributed by atoms with E-state index in [0.717, 1.165) is 10.0 Å². The lowest BCUT2D eigenvalue weighted by molar-refractivity contribution is 0.331. The maximum Gasteiger partial charge on any atom is 0.268 e. The van der Waals surface area contributed by atoms with Crippen LogP contribution in [-0.4, -0.2) is 21.1 Å². The first kappa shape index (κ1) is 17.6. The molecular formula is C17H17BrClNO3S. The smallest absolute Gasteiger partial charge is 0.268 e. The van der Waals surface area contributed by atoms with Crippen molar-refractivity contribution in [3.63, 3.8) is 0 Å². The summed E-state index contributed by atoms with van der Waals surface area (Å²) in [5.74, 6) is 0.319. The molecule has 1 unspecified atom stereocenters. The molecule has 0 saturated carbocycles. The predicted molar refractivity (Wildman–Crippen MR) is 99.6 cm³/mol. The molecule has 0 aromatic heterocycles. The maximum atomic E-state index is 13.3. The summed E-state index contributed by atoms with van der Waals surface area (Å²) in [6.45, 7) is 4.09. The molecule has 0 fully saturated rings. The van der Waals surface area contributed by atoms with Gasteiger partial charge in [-0.3, -0.25) is 4.31 Å². The molecule has 128 valence electrons. The number of benzene rings is 2. The quantitative estimate of drug-likeness (QED) is 0.710. The molecule has 4 nitrogen and oxygen atoms in total. The summed E-state index contributed by atoms with van der Waals surface area (Å²) in [7, 11) is -3.78. The molecule has 3 rings (SSSR count). The lowest BCUT2D eigenvalue weighted by Gasteiger charge is -2.25. The average molecular weight is 431 g/mol. The van der Waals surface area contributed by atoms with E-state index in [2.05, 4.69) is 15.9 Å². The first-order valence-corrected chi connectivity index (χ1v) is 10.2. The molecule has 24 heavy (non-hydrogen) atoms. The Morgan fingerprint density at radius 3 is 2.75 bits per heavy atom. The van der Waals surface area contributed by atoms with Gasteiger partial charge in [-0.05, 0) is 62.2 Å². The predicted octanol–water partition coefficient (Wildman–Crippen LogP) is 4.64. The Bertz CT molecular complexity index is 885. The van der Waals surface area contributed by atoms with Crippen molar-refractivity contribution in [2.45, 2.75) is 31.2 Å². The van der Waals surface area contributed by atoms with Crippen LogP contribution in [0.3, 0.4) is 0 Å². The van der Waals surface area contributed by atoms with E-state index >= 15 is 0 Å². The highest BCUT2D eigenvalue weighted by atomic mass is 79.9. The van der Waals surface area contributed by atoms with Gasteiger partial charge >= 0.3 is 0 Å². The van der Waals surface area contributed by atoms with E-state index in [1.165, 1.54) is 10.4 Å². The summed E-state index contributed by atoms with van der Waals surface area (Å²) in [6.07, 6.45) is 0.665. The van der Waals surface area contributed by atoms with Crippen LogP contribution < -0.4 is 9.04 Å². The van der Waals surface area contributed by atoms with E-state index in [-0.39, 0.29) is 10.9 Å². The van der Waals surface area contributed by atoms with Gasteiger partial charge in [-0.1, -0.05) is 27.5 Å². The fourth-order valence-electron chi connectivity index (χ4n) is 3.00. The van der Waals surface area contributed by atoms with Gasteiger partial charge in [-0.25, -0.2) is 8.42 Å². The van der Waals surface area contributed by atoms with Crippen LogP contribution >= 0.6 is 27.5 Å². The maximum absolute atomic E-state index is 13.3. The molecule has 2 aromatic carbocycles. The minimum atomic E-state index is -3.78. The lowest BCUT2D eigenvalue weighted by atomic mass is 10.1. The topological polar surface area (TPSA) is 46.6 Å². The van der Waals surface area contributed by atoms with E-state index in [1.54, 1.807) is 12.1 Å². The Morgan fingerprint density at radius 2 is 2.04 bits per heavy atom. The Balaban J connectivity index is 2.14. The van der Waals surface area contributed by atoms with Gasteiger partial charge in [0.2, 0.25) is 0 Å². The van der Waals surface area contributed by atoms with Crippen molar-refractivity contribution >= 4 is 43.2 Å². The fourth-order valence-corrected chi connectivity index (χ4v) is 5.50. The normalized spacial score (nSPS) is 17.0. The van der Waals surface area contributed by atoms with Crippen molar-refractivity contribution in [1.29, 1.82) is 0 Å². The van der Waals surface area contributed by atoms with Crippen LogP contribution in [0, 0.1) is 0 Å². The van der Waals surface area contributed by atoms with Crippen molar-refractivity contribution in [2.24, 2.45) is 0 Å². The SMILES string of the molecule is CCOc1ccc(Cl)cc1S(=O)(=O)N1c2ccc(Br)cc2CC1C. The molecule has 1 atom stereocenters. The molecule has 0 bridgehead atoms. The van der Waals surface area contributed by atoms with E-state index in [0.29, 0.717) is 29.5 Å². The van der Waals surface area contributed by atoms with E-state index in [4.69, 9.17) is 16.3 Å². The number of hydrogen-bond donors (Lipinski definition) is 0. The second-order valence-corrected chi connectivity index (χ2v) is 8.79. The molecule has 0 amide bonds. The number of ether oxygens (including phenoxy) is 1. The second kappa shape index (κ2) is 6.58. The molecule has 0 N–H and O–H groups in total. The number of fused-ring (bicyclic) bond motifs is 1. The minimum Gasteiger partial charge on any atom is -0.492 e. The van der Waals surface area contributed by atoms with Crippen LogP contribution in [0.25, 0.3) is 0 Å². The Kier molecular flexibility index (Phi) is 4.82. The summed E-state index contributed by atoms with van der Waals surface area (Å²) < 4.78 is 34.5. The van der Waals surface area contributed by atoms with Crippen molar-refractivity contribution in [2.75, 3.05) is 10.9 Å². The molecule has 0 radical (unpaired) electrons. The zero-order valence-electron chi connectivity index (χ0n) is 13.3. The van der Waals surface area contributed by atoms with Gasteiger partial charge in [0.25, 0.3) is 10.0 Å². The number of rotatable bonds is 4. The molecule has 1 aliphatic heterocycles. The lowest BCUT2D eigenvalue weighted by Crippen LogP contribution is -2.36. The summed E-state index contributed by atoms with van der Waals surface area (Å²) >= 11 is 9.48. The van der Waals surface area contributed by atoms with Gasteiger partial charge in [-0.2, -0.15) is 0 Å². The standard InChI is InChI=1S/C17H17BrClNO3S/c1-3-23-16-7-5-14(19)10-17(16)24(21,22)20-11(2)8-12-9-13(18)4-6-15(12)20/h4-7,9-11H,3,8H2,1-2H3. The second-order valence-electron chi connectivity index (χ2n) is 5.65. The largest absolute Gasteiger partial charge is 0.492 e. The monoisotopic (exact) mass is 429 g/mol. The molecule has 0 spiro atoms. The Hall–Kier alpha value is -1.24. The third kappa shape index (κ3) is 3.03. The van der Waals surface area contributed by atoms with Crippen molar-refractivity contribution < 1.29 is 13.2 Å². The van der Waals surface area contributed by atoms with E-state index in [1.807, 2.05) is 32.0 Å². The third-order valence-corrected chi connectivity index (χ3v) is 6.61. The van der Waals surface area contributed by atoms with Crippen LogP contribution in [0.2, 0.25) is 5.02 Å². The number of halogens is 2. The van der Waals surface area contributed by atoms with Crippen LogP contribution in [0.5, 0.6) is 5.75 Å². The van der Waals surface area contributed by atoms with Crippen molar-refractivity contribution in [3.8, 4) is 5.75 Å². The highest BCUT2D eigenvalue weighted by molar-refractivity contribution is 9.10. The average Bonchev–Trinajstić information content (AvgIpc) is 2.84. The van der Waals surface area contributed by atoms with Gasteiger partial charge < -0.3 is 4.74 Å².